The number of primary amides is 1. The fourth-order valence-corrected chi connectivity index (χ4v) is 2.70. The van der Waals surface area contributed by atoms with Gasteiger partial charge in [0.15, 0.2) is 0 Å². The van der Waals surface area contributed by atoms with E-state index in [1.807, 2.05) is 18.7 Å². The van der Waals surface area contributed by atoms with Crippen molar-refractivity contribution in [2.45, 2.75) is 50.8 Å². The van der Waals surface area contributed by atoms with Crippen molar-refractivity contribution >= 4 is 17.7 Å². The predicted molar refractivity (Wildman–Crippen MR) is 68.1 cm³/mol. The first-order valence-electron chi connectivity index (χ1n) is 5.56. The Morgan fingerprint density at radius 3 is 2.60 bits per heavy atom. The van der Waals surface area contributed by atoms with Crippen molar-refractivity contribution < 1.29 is 4.79 Å². The van der Waals surface area contributed by atoms with Gasteiger partial charge < -0.3 is 11.1 Å². The molecule has 0 aromatic carbocycles. The summed E-state index contributed by atoms with van der Waals surface area (Å²) in [5.74, 6) is 0.892. The number of hydrogen-bond donors (Lipinski definition) is 2. The van der Waals surface area contributed by atoms with Gasteiger partial charge in [0, 0.05) is 5.25 Å². The summed E-state index contributed by atoms with van der Waals surface area (Å²) in [6, 6.07) is 0. The Morgan fingerprint density at radius 2 is 2.20 bits per heavy atom. The maximum absolute atomic E-state index is 11.3. The number of carbonyl (C=O) groups is 1. The summed E-state index contributed by atoms with van der Waals surface area (Å²) in [5.41, 5.74) is 4.80. The Balaban J connectivity index is 4.01. The molecule has 3 N–H and O–H groups in total. The number of carbonyl (C=O) groups excluding carboxylic acids is 1. The van der Waals surface area contributed by atoms with Crippen LogP contribution in [0.15, 0.2) is 0 Å². The number of unbranched alkanes of at least 4 members (excludes halogenated alkanes) is 1. The van der Waals surface area contributed by atoms with Gasteiger partial charge in [0.05, 0.1) is 5.54 Å². The largest absolute Gasteiger partial charge is 0.368 e. The predicted octanol–water partition coefficient (Wildman–Crippen LogP) is 1.76. The van der Waals surface area contributed by atoms with Crippen LogP contribution in [-0.4, -0.2) is 29.5 Å². The van der Waals surface area contributed by atoms with Crippen molar-refractivity contribution in [3.63, 3.8) is 0 Å². The van der Waals surface area contributed by atoms with Crippen molar-refractivity contribution in [1.29, 1.82) is 0 Å². The smallest absolute Gasteiger partial charge is 0.237 e. The summed E-state index contributed by atoms with van der Waals surface area (Å²) >= 11 is 1.91. The Labute approximate surface area is 97.6 Å². The highest BCUT2D eigenvalue weighted by molar-refractivity contribution is 7.99. The molecule has 0 fully saturated rings. The van der Waals surface area contributed by atoms with Crippen molar-refractivity contribution in [3.05, 3.63) is 0 Å². The van der Waals surface area contributed by atoms with Crippen molar-refractivity contribution in [2.24, 2.45) is 5.73 Å². The third-order valence-electron chi connectivity index (χ3n) is 2.69. The molecule has 0 bridgehead atoms. The third-order valence-corrected chi connectivity index (χ3v) is 3.95. The van der Waals surface area contributed by atoms with Gasteiger partial charge in [0.25, 0.3) is 0 Å². The summed E-state index contributed by atoms with van der Waals surface area (Å²) < 4.78 is 0. The van der Waals surface area contributed by atoms with Crippen LogP contribution < -0.4 is 11.1 Å². The van der Waals surface area contributed by atoms with Crippen molar-refractivity contribution in [1.82, 2.24) is 5.32 Å². The number of likely N-dealkylation sites (N-methyl/N-ethyl adjacent to an activating group) is 1. The fraction of sp³-hybridized carbons (Fsp3) is 0.909. The lowest BCUT2D eigenvalue weighted by molar-refractivity contribution is -0.123. The highest BCUT2D eigenvalue weighted by Gasteiger charge is 2.30. The van der Waals surface area contributed by atoms with Gasteiger partial charge in [0.2, 0.25) is 5.91 Å². The molecule has 0 saturated heterocycles. The first kappa shape index (κ1) is 14.8. The Bertz CT molecular complexity index is 199. The first-order chi connectivity index (χ1) is 6.96. The van der Waals surface area contributed by atoms with E-state index in [4.69, 9.17) is 5.73 Å². The Morgan fingerprint density at radius 1 is 1.60 bits per heavy atom. The molecule has 2 atom stereocenters. The average Bonchev–Trinajstić information content (AvgIpc) is 2.17. The topological polar surface area (TPSA) is 55.1 Å². The van der Waals surface area contributed by atoms with Crippen LogP contribution in [0.1, 0.15) is 40.0 Å². The molecule has 4 heteroatoms. The molecule has 1 amide bonds. The zero-order valence-corrected chi connectivity index (χ0v) is 11.1. The van der Waals surface area contributed by atoms with E-state index >= 15 is 0 Å². The van der Waals surface area contributed by atoms with Crippen molar-refractivity contribution in [3.8, 4) is 0 Å². The van der Waals surface area contributed by atoms with E-state index in [0.29, 0.717) is 5.25 Å². The number of thioether (sulfide) groups is 1. The second kappa shape index (κ2) is 7.12. The zero-order chi connectivity index (χ0) is 11.9. The van der Waals surface area contributed by atoms with E-state index < -0.39 is 5.54 Å². The molecule has 0 rings (SSSR count). The molecule has 0 heterocycles. The van der Waals surface area contributed by atoms with Gasteiger partial charge in [-0.3, -0.25) is 4.79 Å². The summed E-state index contributed by atoms with van der Waals surface area (Å²) in [6.45, 7) is 6.21. The van der Waals surface area contributed by atoms with E-state index in [9.17, 15) is 4.79 Å². The summed E-state index contributed by atoms with van der Waals surface area (Å²) in [5, 5.41) is 3.47. The number of rotatable bonds is 8. The second-order valence-corrected chi connectivity index (χ2v) is 5.73. The molecule has 0 aromatic heterocycles. The monoisotopic (exact) mass is 232 g/mol. The molecule has 0 spiro atoms. The average molecular weight is 232 g/mol. The van der Waals surface area contributed by atoms with Crippen LogP contribution in [0.4, 0.5) is 0 Å². The second-order valence-electron chi connectivity index (χ2n) is 4.19. The molecule has 0 aliphatic carbocycles. The lowest BCUT2D eigenvalue weighted by atomic mass is 9.95. The molecule has 0 radical (unpaired) electrons. The normalized spacial score (nSPS) is 17.1. The minimum Gasteiger partial charge on any atom is -0.368 e. The van der Waals surface area contributed by atoms with E-state index in [0.717, 1.165) is 12.2 Å². The fourth-order valence-electron chi connectivity index (χ4n) is 1.39. The van der Waals surface area contributed by atoms with Crippen LogP contribution in [0.2, 0.25) is 0 Å². The van der Waals surface area contributed by atoms with Gasteiger partial charge in [-0.25, -0.2) is 0 Å². The molecule has 3 nitrogen and oxygen atoms in total. The van der Waals surface area contributed by atoms with Gasteiger partial charge >= 0.3 is 0 Å². The molecular formula is C11H24N2OS. The van der Waals surface area contributed by atoms with Crippen LogP contribution in [0.25, 0.3) is 0 Å². The Kier molecular flexibility index (Phi) is 7.02. The van der Waals surface area contributed by atoms with Crippen LogP contribution in [0.5, 0.6) is 0 Å². The molecule has 2 unspecified atom stereocenters. The summed E-state index contributed by atoms with van der Waals surface area (Å²) in [6.07, 6.45) is 3.24. The van der Waals surface area contributed by atoms with Gasteiger partial charge in [-0.15, -0.1) is 0 Å². The van der Waals surface area contributed by atoms with Crippen LogP contribution in [0.3, 0.4) is 0 Å². The van der Waals surface area contributed by atoms with Crippen LogP contribution >= 0.6 is 11.8 Å². The zero-order valence-electron chi connectivity index (χ0n) is 10.3. The molecule has 0 aromatic rings. The highest BCUT2D eigenvalue weighted by Crippen LogP contribution is 2.22. The number of nitrogens with two attached hydrogens (primary N) is 1. The first-order valence-corrected chi connectivity index (χ1v) is 6.61. The molecule has 90 valence electrons. The lowest BCUT2D eigenvalue weighted by Crippen LogP contribution is -2.52. The quantitative estimate of drug-likeness (QED) is 0.627. The van der Waals surface area contributed by atoms with Gasteiger partial charge in [-0.05, 0) is 32.6 Å². The number of amides is 1. The number of nitrogens with one attached hydrogen (secondary N) is 1. The molecule has 15 heavy (non-hydrogen) atoms. The maximum atomic E-state index is 11.3. The molecule has 0 aliphatic heterocycles. The van der Waals surface area contributed by atoms with E-state index in [2.05, 4.69) is 19.2 Å². The lowest BCUT2D eigenvalue weighted by Gasteiger charge is -2.28. The SMILES string of the molecule is CCCCSC(C)CC(C)(NC)C(N)=O. The summed E-state index contributed by atoms with van der Waals surface area (Å²) in [7, 11) is 1.79. The minimum atomic E-state index is -0.571. The minimum absolute atomic E-state index is 0.270. The van der Waals surface area contributed by atoms with Gasteiger partial charge in [0.1, 0.15) is 0 Å². The third kappa shape index (κ3) is 5.42. The molecular weight excluding hydrogens is 208 g/mol. The Hall–Kier alpha value is -0.220. The van der Waals surface area contributed by atoms with Gasteiger partial charge in [-0.2, -0.15) is 11.8 Å². The van der Waals surface area contributed by atoms with E-state index in [-0.39, 0.29) is 5.91 Å². The van der Waals surface area contributed by atoms with Crippen molar-refractivity contribution in [2.75, 3.05) is 12.8 Å². The maximum Gasteiger partial charge on any atom is 0.237 e. The molecule has 0 aliphatic rings. The standard InChI is InChI=1S/C11H24N2OS/c1-5-6-7-15-9(2)8-11(3,13-4)10(12)14/h9,13H,5-8H2,1-4H3,(H2,12,14). The van der Waals surface area contributed by atoms with E-state index in [1.54, 1.807) is 7.05 Å². The van der Waals surface area contributed by atoms with Crippen LogP contribution in [-0.2, 0) is 4.79 Å². The van der Waals surface area contributed by atoms with Gasteiger partial charge in [-0.1, -0.05) is 20.3 Å². The highest BCUT2D eigenvalue weighted by atomic mass is 32.2. The number of hydrogen-bond acceptors (Lipinski definition) is 3. The van der Waals surface area contributed by atoms with Crippen LogP contribution in [0, 0.1) is 0 Å². The summed E-state index contributed by atoms with van der Waals surface area (Å²) in [4.78, 5) is 11.3. The molecule has 0 saturated carbocycles. The van der Waals surface area contributed by atoms with E-state index in [1.165, 1.54) is 12.8 Å².